The van der Waals surface area contributed by atoms with Gasteiger partial charge >= 0.3 is 5.97 Å². The van der Waals surface area contributed by atoms with Crippen LogP contribution in [0.15, 0.2) is 24.3 Å². The molecule has 0 heterocycles. The number of nitrogens with one attached hydrogen (secondary N) is 1. The summed E-state index contributed by atoms with van der Waals surface area (Å²) < 4.78 is 5.14. The monoisotopic (exact) mass is 261 g/mol. The van der Waals surface area contributed by atoms with Crippen LogP contribution < -0.4 is 5.32 Å². The van der Waals surface area contributed by atoms with Crippen LogP contribution in [0.4, 0.5) is 0 Å². The highest BCUT2D eigenvalue weighted by Gasteiger charge is 2.18. The number of aryl methyl sites for hydroxylation is 1. The average Bonchev–Trinajstić information content (AvgIpc) is 2.45. The van der Waals surface area contributed by atoms with Crippen LogP contribution in [0, 0.1) is 0 Å². The third-order valence-corrected chi connectivity index (χ3v) is 3.64. The van der Waals surface area contributed by atoms with Gasteiger partial charge in [-0.3, -0.25) is 4.79 Å². The minimum atomic E-state index is -0.132. The van der Waals surface area contributed by atoms with E-state index in [4.69, 9.17) is 4.74 Å². The molecular weight excluding hydrogens is 238 g/mol. The molecule has 0 bridgehead atoms. The lowest BCUT2D eigenvalue weighted by molar-refractivity contribution is -0.142. The predicted octanol–water partition coefficient (Wildman–Crippen LogP) is 2.48. The Morgan fingerprint density at radius 2 is 2.16 bits per heavy atom. The van der Waals surface area contributed by atoms with Crippen LogP contribution in [0.2, 0.25) is 0 Å². The summed E-state index contributed by atoms with van der Waals surface area (Å²) in [4.78, 5) is 11.5. The van der Waals surface area contributed by atoms with Crippen molar-refractivity contribution in [3.8, 4) is 0 Å². The fourth-order valence-electron chi connectivity index (χ4n) is 2.48. The van der Waals surface area contributed by atoms with Crippen LogP contribution in [0.25, 0.3) is 0 Å². The van der Waals surface area contributed by atoms with E-state index in [1.807, 2.05) is 0 Å². The number of carbonyl (C=O) groups excluding carboxylic acids is 1. The summed E-state index contributed by atoms with van der Waals surface area (Å²) in [6.07, 6.45) is 5.21. The molecule has 0 fully saturated rings. The fraction of sp³-hybridized carbons (Fsp3) is 0.562. The lowest BCUT2D eigenvalue weighted by Gasteiger charge is -2.25. The van der Waals surface area contributed by atoms with Gasteiger partial charge in [-0.15, -0.1) is 0 Å². The lowest BCUT2D eigenvalue weighted by Crippen LogP contribution is -2.38. The first kappa shape index (κ1) is 14.1. The molecule has 0 aromatic heterocycles. The highest BCUT2D eigenvalue weighted by Crippen LogP contribution is 2.20. The zero-order valence-electron chi connectivity index (χ0n) is 11.7. The number of hydrogen-bond acceptors (Lipinski definition) is 3. The number of carbonyl (C=O) groups is 1. The van der Waals surface area contributed by atoms with Crippen LogP contribution in [-0.2, 0) is 22.4 Å². The van der Waals surface area contributed by atoms with Crippen molar-refractivity contribution in [3.05, 3.63) is 35.4 Å². The van der Waals surface area contributed by atoms with Crippen LogP contribution in [0.1, 0.15) is 37.3 Å². The van der Waals surface area contributed by atoms with Gasteiger partial charge < -0.3 is 10.1 Å². The molecule has 0 aliphatic heterocycles. The molecule has 1 aliphatic rings. The quantitative estimate of drug-likeness (QED) is 0.631. The van der Waals surface area contributed by atoms with Gasteiger partial charge in [0.25, 0.3) is 0 Å². The Hall–Kier alpha value is -1.35. The summed E-state index contributed by atoms with van der Waals surface area (Å²) in [5.41, 5.74) is 2.86. The van der Waals surface area contributed by atoms with E-state index in [0.29, 0.717) is 19.2 Å². The fourth-order valence-corrected chi connectivity index (χ4v) is 2.48. The lowest BCUT2D eigenvalue weighted by atomic mass is 9.88. The van der Waals surface area contributed by atoms with Crippen molar-refractivity contribution in [1.29, 1.82) is 0 Å². The van der Waals surface area contributed by atoms with Gasteiger partial charge in [-0.25, -0.2) is 0 Å². The molecule has 1 aromatic carbocycles. The maximum Gasteiger partial charge on any atom is 0.319 e. The van der Waals surface area contributed by atoms with Gasteiger partial charge in [0.15, 0.2) is 0 Å². The van der Waals surface area contributed by atoms with Gasteiger partial charge in [-0.2, -0.15) is 0 Å². The third kappa shape index (κ3) is 4.35. The maximum absolute atomic E-state index is 11.5. The second-order valence-corrected chi connectivity index (χ2v) is 5.16. The molecule has 1 aliphatic carbocycles. The average molecular weight is 261 g/mol. The highest BCUT2D eigenvalue weighted by molar-refractivity contribution is 5.71. The zero-order chi connectivity index (χ0) is 13.5. The summed E-state index contributed by atoms with van der Waals surface area (Å²) in [7, 11) is 0. The van der Waals surface area contributed by atoms with Crippen LogP contribution in [0.5, 0.6) is 0 Å². The highest BCUT2D eigenvalue weighted by atomic mass is 16.5. The molecule has 1 unspecified atom stereocenters. The van der Waals surface area contributed by atoms with Gasteiger partial charge in [0, 0.05) is 6.04 Å². The Morgan fingerprint density at radius 1 is 1.37 bits per heavy atom. The second kappa shape index (κ2) is 7.29. The van der Waals surface area contributed by atoms with E-state index in [9.17, 15) is 4.79 Å². The second-order valence-electron chi connectivity index (χ2n) is 5.16. The van der Waals surface area contributed by atoms with Gasteiger partial charge in [0.2, 0.25) is 0 Å². The van der Waals surface area contributed by atoms with Crippen LogP contribution >= 0.6 is 0 Å². The maximum atomic E-state index is 11.5. The Balaban J connectivity index is 1.72. The molecule has 0 amide bonds. The van der Waals surface area contributed by atoms with Crippen molar-refractivity contribution in [1.82, 2.24) is 5.32 Å². The van der Waals surface area contributed by atoms with E-state index in [2.05, 4.69) is 36.5 Å². The smallest absolute Gasteiger partial charge is 0.319 e. The van der Waals surface area contributed by atoms with Crippen molar-refractivity contribution in [2.45, 2.75) is 45.1 Å². The molecule has 0 spiro atoms. The van der Waals surface area contributed by atoms with Gasteiger partial charge in [-0.05, 0) is 36.8 Å². The number of benzene rings is 1. The Labute approximate surface area is 115 Å². The largest absolute Gasteiger partial charge is 0.465 e. The van der Waals surface area contributed by atoms with E-state index in [1.54, 1.807) is 0 Å². The molecule has 2 rings (SSSR count). The zero-order valence-corrected chi connectivity index (χ0v) is 11.7. The first-order valence-corrected chi connectivity index (χ1v) is 7.25. The normalized spacial score (nSPS) is 17.8. The van der Waals surface area contributed by atoms with E-state index >= 15 is 0 Å². The molecule has 1 aromatic rings. The molecule has 1 N–H and O–H groups in total. The summed E-state index contributed by atoms with van der Waals surface area (Å²) >= 11 is 0. The SMILES string of the molecule is CCCCOC(=O)CNC1CCc2ccccc2C1. The number of rotatable bonds is 6. The van der Waals surface area contributed by atoms with Crippen LogP contribution in [-0.4, -0.2) is 25.2 Å². The Kier molecular flexibility index (Phi) is 5.40. The summed E-state index contributed by atoms with van der Waals surface area (Å²) in [6, 6.07) is 8.96. The van der Waals surface area contributed by atoms with Crippen LogP contribution in [0.3, 0.4) is 0 Å². The third-order valence-electron chi connectivity index (χ3n) is 3.64. The molecule has 3 heteroatoms. The molecule has 1 atom stereocenters. The Morgan fingerprint density at radius 3 is 2.95 bits per heavy atom. The topological polar surface area (TPSA) is 38.3 Å². The number of unbranched alkanes of at least 4 members (excludes halogenated alkanes) is 1. The molecule has 0 saturated heterocycles. The minimum Gasteiger partial charge on any atom is -0.465 e. The predicted molar refractivity (Wildman–Crippen MR) is 76.1 cm³/mol. The molecule has 0 saturated carbocycles. The van der Waals surface area contributed by atoms with E-state index in [0.717, 1.165) is 32.1 Å². The number of hydrogen-bond donors (Lipinski definition) is 1. The molecule has 19 heavy (non-hydrogen) atoms. The standard InChI is InChI=1S/C16H23NO2/c1-2-3-10-19-16(18)12-17-15-9-8-13-6-4-5-7-14(13)11-15/h4-7,15,17H,2-3,8-12H2,1H3. The van der Waals surface area contributed by atoms with Gasteiger partial charge in [0.05, 0.1) is 13.2 Å². The van der Waals surface area contributed by atoms with Gasteiger partial charge in [0.1, 0.15) is 0 Å². The van der Waals surface area contributed by atoms with E-state index in [-0.39, 0.29) is 5.97 Å². The summed E-state index contributed by atoms with van der Waals surface area (Å²) in [5.74, 6) is -0.132. The van der Waals surface area contributed by atoms with E-state index < -0.39 is 0 Å². The minimum absolute atomic E-state index is 0.132. The van der Waals surface area contributed by atoms with Crippen molar-refractivity contribution in [3.63, 3.8) is 0 Å². The summed E-state index contributed by atoms with van der Waals surface area (Å²) in [6.45, 7) is 2.96. The van der Waals surface area contributed by atoms with Crippen molar-refractivity contribution < 1.29 is 9.53 Å². The molecule has 0 radical (unpaired) electrons. The Bertz CT molecular complexity index is 417. The number of esters is 1. The molecular formula is C16H23NO2. The number of ether oxygens (including phenoxy) is 1. The van der Waals surface area contributed by atoms with E-state index in [1.165, 1.54) is 11.1 Å². The number of fused-ring (bicyclic) bond motifs is 1. The van der Waals surface area contributed by atoms with Crippen molar-refractivity contribution in [2.75, 3.05) is 13.2 Å². The first-order chi connectivity index (χ1) is 9.29. The summed E-state index contributed by atoms with van der Waals surface area (Å²) in [5, 5.41) is 3.31. The molecule has 3 nitrogen and oxygen atoms in total. The van der Waals surface area contributed by atoms with Gasteiger partial charge in [-0.1, -0.05) is 37.6 Å². The molecule has 104 valence electrons. The van der Waals surface area contributed by atoms with Crippen molar-refractivity contribution in [2.24, 2.45) is 0 Å². The van der Waals surface area contributed by atoms with Crippen molar-refractivity contribution >= 4 is 5.97 Å². The first-order valence-electron chi connectivity index (χ1n) is 7.25.